The van der Waals surface area contributed by atoms with E-state index in [2.05, 4.69) is 52.5 Å². The van der Waals surface area contributed by atoms with Gasteiger partial charge in [-0.05, 0) is 57.3 Å². The Kier molecular flexibility index (Phi) is 6.13. The number of nitrogens with two attached hydrogens (primary N) is 1. The molecule has 4 heterocycles. The molecular formula is C22H32N8. The molecule has 1 aliphatic rings. The van der Waals surface area contributed by atoms with Gasteiger partial charge in [0.2, 0.25) is 5.95 Å². The van der Waals surface area contributed by atoms with E-state index in [1.54, 1.807) is 4.52 Å². The molecule has 0 amide bonds. The summed E-state index contributed by atoms with van der Waals surface area (Å²) in [6, 6.07) is 2.53. The average molecular weight is 409 g/mol. The molecule has 0 aromatic carbocycles. The molecule has 8 nitrogen and oxygen atoms in total. The summed E-state index contributed by atoms with van der Waals surface area (Å²) in [6.45, 7) is 8.60. The molecule has 1 aliphatic heterocycles. The van der Waals surface area contributed by atoms with Crippen LogP contribution in [0.5, 0.6) is 0 Å². The third-order valence-electron chi connectivity index (χ3n) is 5.84. The summed E-state index contributed by atoms with van der Waals surface area (Å²) < 4.78 is 1.80. The second-order valence-corrected chi connectivity index (χ2v) is 8.39. The van der Waals surface area contributed by atoms with Crippen molar-refractivity contribution in [1.82, 2.24) is 29.9 Å². The molecule has 8 heteroatoms. The first-order valence-electron chi connectivity index (χ1n) is 11.0. The van der Waals surface area contributed by atoms with Crippen molar-refractivity contribution < 1.29 is 0 Å². The van der Waals surface area contributed by atoms with Crippen LogP contribution in [-0.2, 0) is 6.42 Å². The smallest absolute Gasteiger partial charge is 0.243 e. The molecule has 3 aromatic rings. The highest BCUT2D eigenvalue weighted by Crippen LogP contribution is 2.27. The number of fused-ring (bicyclic) bond motifs is 1. The number of piperidine rings is 1. The Balaban J connectivity index is 1.57. The Labute approximate surface area is 177 Å². The van der Waals surface area contributed by atoms with E-state index in [-0.39, 0.29) is 6.04 Å². The number of aromatic nitrogens is 5. The molecule has 0 saturated carbocycles. The molecule has 0 unspecified atom stereocenters. The molecule has 1 fully saturated rings. The van der Waals surface area contributed by atoms with Crippen molar-refractivity contribution in [1.29, 1.82) is 0 Å². The second kappa shape index (κ2) is 8.95. The number of aryl methyl sites for hydroxylation is 1. The Morgan fingerprint density at radius 1 is 1.27 bits per heavy atom. The zero-order valence-electron chi connectivity index (χ0n) is 18.1. The lowest BCUT2D eigenvalue weighted by Crippen LogP contribution is -2.27. The second-order valence-electron chi connectivity index (χ2n) is 8.39. The zero-order chi connectivity index (χ0) is 21.1. The van der Waals surface area contributed by atoms with E-state index in [0.717, 1.165) is 50.0 Å². The molecule has 30 heavy (non-hydrogen) atoms. The summed E-state index contributed by atoms with van der Waals surface area (Å²) in [7, 11) is 0. The third-order valence-corrected chi connectivity index (χ3v) is 5.84. The van der Waals surface area contributed by atoms with Crippen LogP contribution in [0.2, 0.25) is 0 Å². The van der Waals surface area contributed by atoms with Gasteiger partial charge in [0.25, 0.3) is 0 Å². The van der Waals surface area contributed by atoms with Crippen molar-refractivity contribution in [2.75, 3.05) is 24.1 Å². The van der Waals surface area contributed by atoms with E-state index in [1.165, 1.54) is 11.3 Å². The maximum absolute atomic E-state index is 6.15. The summed E-state index contributed by atoms with van der Waals surface area (Å²) in [5.41, 5.74) is 11.4. The van der Waals surface area contributed by atoms with Crippen LogP contribution in [0.4, 0.5) is 11.8 Å². The minimum absolute atomic E-state index is 0.285. The van der Waals surface area contributed by atoms with Gasteiger partial charge in [-0.1, -0.05) is 19.4 Å². The minimum atomic E-state index is 0.285. The van der Waals surface area contributed by atoms with Crippen LogP contribution in [0, 0.1) is 6.92 Å². The van der Waals surface area contributed by atoms with Gasteiger partial charge >= 0.3 is 0 Å². The normalized spacial score (nSPS) is 16.1. The van der Waals surface area contributed by atoms with Crippen LogP contribution >= 0.6 is 0 Å². The van der Waals surface area contributed by atoms with E-state index in [9.17, 15) is 0 Å². The lowest BCUT2D eigenvalue weighted by atomic mass is 9.91. The summed E-state index contributed by atoms with van der Waals surface area (Å²) in [6.07, 6.45) is 8.98. The van der Waals surface area contributed by atoms with Crippen molar-refractivity contribution in [2.24, 2.45) is 0 Å². The largest absolute Gasteiger partial charge is 0.380 e. The van der Waals surface area contributed by atoms with Crippen LogP contribution in [0.1, 0.15) is 68.0 Å². The third kappa shape index (κ3) is 4.38. The van der Waals surface area contributed by atoms with Gasteiger partial charge in [-0.2, -0.15) is 4.98 Å². The first-order valence-corrected chi connectivity index (χ1v) is 11.0. The number of nitrogens with zero attached hydrogens (tertiary/aromatic N) is 5. The van der Waals surface area contributed by atoms with Crippen LogP contribution in [0.15, 0.2) is 18.5 Å². The van der Waals surface area contributed by atoms with Gasteiger partial charge in [-0.25, -0.2) is 9.50 Å². The number of pyridine rings is 1. The molecule has 4 N–H and O–H groups in total. The van der Waals surface area contributed by atoms with E-state index in [4.69, 9.17) is 10.7 Å². The first-order chi connectivity index (χ1) is 14.5. The predicted molar refractivity (Wildman–Crippen MR) is 120 cm³/mol. The fraction of sp³-hybridized carbons (Fsp3) is 0.545. The van der Waals surface area contributed by atoms with Crippen molar-refractivity contribution in [3.05, 3.63) is 41.0 Å². The van der Waals surface area contributed by atoms with E-state index < -0.39 is 0 Å². The number of imidazole rings is 1. The molecule has 4 rings (SSSR count). The lowest BCUT2D eigenvalue weighted by Gasteiger charge is -2.23. The molecule has 160 valence electrons. The Morgan fingerprint density at radius 2 is 2.07 bits per heavy atom. The highest BCUT2D eigenvalue weighted by Gasteiger charge is 2.19. The molecule has 1 saturated heterocycles. The SMILES string of the molecule is CCC[C@H](C)Nc1nc(N)c2ncc(Cc3cnc(C4CCNCC4)c(C)c3)n2n1. The van der Waals surface area contributed by atoms with E-state index >= 15 is 0 Å². The van der Waals surface area contributed by atoms with Crippen LogP contribution in [0.25, 0.3) is 5.65 Å². The maximum Gasteiger partial charge on any atom is 0.243 e. The topological polar surface area (TPSA) is 106 Å². The molecule has 3 aromatic heterocycles. The molecule has 0 radical (unpaired) electrons. The summed E-state index contributed by atoms with van der Waals surface area (Å²) in [4.78, 5) is 13.6. The fourth-order valence-corrected chi connectivity index (χ4v) is 4.33. The Bertz CT molecular complexity index is 1010. The highest BCUT2D eigenvalue weighted by atomic mass is 15.3. The quantitative estimate of drug-likeness (QED) is 0.551. The van der Waals surface area contributed by atoms with E-state index in [0.29, 0.717) is 29.8 Å². The van der Waals surface area contributed by atoms with Crippen molar-refractivity contribution in [3.63, 3.8) is 0 Å². The van der Waals surface area contributed by atoms with Crippen LogP contribution in [0.3, 0.4) is 0 Å². The van der Waals surface area contributed by atoms with Crippen molar-refractivity contribution in [3.8, 4) is 0 Å². The number of anilines is 2. The predicted octanol–water partition coefficient (Wildman–Crippen LogP) is 3.07. The lowest BCUT2D eigenvalue weighted by molar-refractivity contribution is 0.451. The van der Waals surface area contributed by atoms with E-state index in [1.807, 2.05) is 12.4 Å². The molecule has 1 atom stereocenters. The van der Waals surface area contributed by atoms with Gasteiger partial charge in [0.1, 0.15) is 0 Å². The number of nitrogen functional groups attached to an aromatic ring is 1. The van der Waals surface area contributed by atoms with Crippen LogP contribution in [-0.4, -0.2) is 43.7 Å². The van der Waals surface area contributed by atoms with Gasteiger partial charge < -0.3 is 16.4 Å². The highest BCUT2D eigenvalue weighted by molar-refractivity contribution is 5.61. The maximum atomic E-state index is 6.15. The van der Waals surface area contributed by atoms with Crippen molar-refractivity contribution in [2.45, 2.75) is 64.8 Å². The molecule has 0 aliphatic carbocycles. The van der Waals surface area contributed by atoms with Crippen molar-refractivity contribution >= 4 is 17.4 Å². The molecule has 0 bridgehead atoms. The summed E-state index contributed by atoms with van der Waals surface area (Å²) in [5.74, 6) is 1.48. The Hall–Kier alpha value is -2.74. The standard InChI is InChI=1S/C22H32N8/c1-4-5-15(3)27-22-28-20(23)21-26-13-18(30(21)29-22)11-16-10-14(2)19(25-12-16)17-6-8-24-9-7-17/h10,12-13,15,17,24H,4-9,11H2,1-3H3,(H3,23,27,28,29)/t15-/m0/s1. The number of nitrogens with one attached hydrogen (secondary N) is 2. The zero-order valence-corrected chi connectivity index (χ0v) is 18.1. The molecule has 0 spiro atoms. The molecular weight excluding hydrogens is 376 g/mol. The summed E-state index contributed by atoms with van der Waals surface area (Å²) in [5, 5.41) is 11.4. The summed E-state index contributed by atoms with van der Waals surface area (Å²) >= 11 is 0. The van der Waals surface area contributed by atoms with Gasteiger partial charge in [0.05, 0.1) is 11.9 Å². The Morgan fingerprint density at radius 3 is 2.80 bits per heavy atom. The first kappa shape index (κ1) is 20.5. The average Bonchev–Trinajstić information content (AvgIpc) is 3.12. The van der Waals surface area contributed by atoms with Crippen LogP contribution < -0.4 is 16.4 Å². The fourth-order valence-electron chi connectivity index (χ4n) is 4.33. The van der Waals surface area contributed by atoms with Gasteiger partial charge in [-0.15, -0.1) is 5.10 Å². The number of rotatable bonds is 7. The minimum Gasteiger partial charge on any atom is -0.380 e. The number of hydrogen-bond donors (Lipinski definition) is 3. The van der Waals surface area contributed by atoms with Gasteiger partial charge in [-0.3, -0.25) is 4.98 Å². The number of hydrogen-bond acceptors (Lipinski definition) is 7. The monoisotopic (exact) mass is 408 g/mol. The van der Waals surface area contributed by atoms with Gasteiger partial charge in [0, 0.05) is 30.3 Å². The van der Waals surface area contributed by atoms with Gasteiger partial charge in [0.15, 0.2) is 11.5 Å².